The van der Waals surface area contributed by atoms with E-state index in [9.17, 15) is 41.8 Å². The van der Waals surface area contributed by atoms with Gasteiger partial charge in [-0.25, -0.2) is 56.8 Å². The quantitative estimate of drug-likeness (QED) is 0.0990. The van der Waals surface area contributed by atoms with Crippen molar-refractivity contribution in [2.45, 2.75) is 38.0 Å². The minimum absolute atomic E-state index is 0. The summed E-state index contributed by atoms with van der Waals surface area (Å²) in [6.45, 7) is 13.6. The molecule has 77 heavy (non-hydrogen) atoms. The smallest absolute Gasteiger partial charge is 0.870 e. The van der Waals surface area contributed by atoms with E-state index in [1.165, 1.54) is 45.9 Å². The molecular formula is C49H33F4LiN14O9. The molecule has 0 saturated carbocycles. The first-order valence-corrected chi connectivity index (χ1v) is 22.4. The van der Waals surface area contributed by atoms with Crippen LogP contribution in [0.5, 0.6) is 11.5 Å². The molecule has 2 unspecified atom stereocenters. The Morgan fingerprint density at radius 2 is 1.12 bits per heavy atom. The van der Waals surface area contributed by atoms with E-state index in [0.29, 0.717) is 45.6 Å². The maximum absolute atomic E-state index is 14.5. The Kier molecular flexibility index (Phi) is 13.9. The second kappa shape index (κ2) is 20.6. The van der Waals surface area contributed by atoms with Crippen molar-refractivity contribution < 1.29 is 70.8 Å². The molecule has 2 aliphatic heterocycles. The maximum atomic E-state index is 14.5. The van der Waals surface area contributed by atoms with Crippen LogP contribution in [0.25, 0.3) is 66.0 Å². The zero-order chi connectivity index (χ0) is 52.4. The second-order valence-corrected chi connectivity index (χ2v) is 16.9. The van der Waals surface area contributed by atoms with Crippen LogP contribution in [0.2, 0.25) is 0 Å². The molecule has 0 aliphatic carbocycles. The number of nitrogens with zero attached hydrogens (tertiary/aromatic N) is 14. The molecular weight excluding hydrogens is 1010 g/mol. The van der Waals surface area contributed by atoms with E-state index in [0.717, 1.165) is 21.3 Å². The summed E-state index contributed by atoms with van der Waals surface area (Å²) in [6, 6.07) is 11.8. The Morgan fingerprint density at radius 3 is 1.53 bits per heavy atom. The van der Waals surface area contributed by atoms with Crippen molar-refractivity contribution in [3.05, 3.63) is 164 Å². The molecule has 2 aliphatic rings. The molecule has 12 rings (SSSR count). The van der Waals surface area contributed by atoms with Gasteiger partial charge in [0.25, 0.3) is 0 Å². The molecule has 2 atom stereocenters. The molecule has 0 bridgehead atoms. The summed E-state index contributed by atoms with van der Waals surface area (Å²) in [5.41, 5.74) is 2.53. The van der Waals surface area contributed by atoms with Gasteiger partial charge in [-0.05, 0) is 36.4 Å². The second-order valence-electron chi connectivity index (χ2n) is 16.9. The average molecular weight is 1040 g/mol. The Hall–Kier alpha value is -9.68. The third-order valence-electron chi connectivity index (χ3n) is 12.6. The number of carbonyl (C=O) groups is 2. The predicted molar refractivity (Wildman–Crippen MR) is 256 cm³/mol. The Balaban J connectivity index is 0.000000183. The number of aromatic nitrogens is 12. The van der Waals surface area contributed by atoms with Gasteiger partial charge in [0.05, 0.1) is 80.0 Å². The van der Waals surface area contributed by atoms with Crippen LogP contribution in [-0.2, 0) is 27.4 Å². The summed E-state index contributed by atoms with van der Waals surface area (Å²) in [6.07, 6.45) is 6.05. The van der Waals surface area contributed by atoms with E-state index < -0.39 is 71.8 Å². The van der Waals surface area contributed by atoms with Crippen LogP contribution in [-0.4, -0.2) is 100 Å². The number of halogens is 4. The topological polar surface area (TPSA) is 262 Å². The van der Waals surface area contributed by atoms with E-state index in [4.69, 9.17) is 27.4 Å². The Bertz CT molecular complexity index is 4270. The van der Waals surface area contributed by atoms with Crippen LogP contribution in [0.3, 0.4) is 0 Å². The Labute approximate surface area is 439 Å². The van der Waals surface area contributed by atoms with Crippen molar-refractivity contribution in [1.82, 2.24) is 57.3 Å². The van der Waals surface area contributed by atoms with Gasteiger partial charge in [-0.3, -0.25) is 37.0 Å². The maximum Gasteiger partial charge on any atom is 1.00 e. The standard InChI is InChI=1S/C25H17F2N7O4.C24H15F2N7O4.Li.H2O/c1-28-14-3-4-17-19(9-14)33(12-30-17)24-29-10-20-23(31-24)34(25(36)32(20)11-21(35)37-2)18-5-6-38-22-15(18)7-13(26)8-16(22)27;1-27-13-2-3-16-18(8-13)32(11-29-16)23-28-9-19-22(30-23)33(24(36)31(19)10-20(34)35)17-4-5-37-21-14(17)6-12(25)7-15(21)26;;/h3-4,7-10,12,18H,5-6,11H2,2H3;2-3,6-9,11,17H,4-5,10H2,(H,34,35);;1H2/q;;+1;/p-1. The molecule has 0 spiro atoms. The molecule has 23 nitrogen and oxygen atoms in total. The molecule has 0 amide bonds. The number of ether oxygens (including phenoxy) is 3. The van der Waals surface area contributed by atoms with Crippen molar-refractivity contribution in [1.29, 1.82) is 0 Å². The minimum Gasteiger partial charge on any atom is -0.870 e. The van der Waals surface area contributed by atoms with Crippen LogP contribution in [0.1, 0.15) is 36.1 Å². The summed E-state index contributed by atoms with van der Waals surface area (Å²) < 4.78 is 80.8. The number of benzene rings is 4. The number of carbonyl (C=O) groups excluding carboxylic acids is 1. The number of carboxylic acid groups (broad SMARTS) is 1. The summed E-state index contributed by atoms with van der Waals surface area (Å²) >= 11 is 0. The normalized spacial score (nSPS) is 14.4. The fraction of sp³-hybridized carbons (Fsp3) is 0.184. The van der Waals surface area contributed by atoms with Crippen LogP contribution in [0.4, 0.5) is 28.9 Å². The number of hydrogen-bond donors (Lipinski definition) is 1. The number of methoxy groups -OCH3 is 1. The third kappa shape index (κ3) is 9.03. The number of carboxylic acids is 1. The van der Waals surface area contributed by atoms with Crippen LogP contribution in [0, 0.1) is 36.4 Å². The summed E-state index contributed by atoms with van der Waals surface area (Å²) in [4.78, 5) is 84.3. The summed E-state index contributed by atoms with van der Waals surface area (Å²) in [5.74, 6) is -5.46. The molecule has 0 radical (unpaired) electrons. The number of imidazole rings is 4. The first-order valence-electron chi connectivity index (χ1n) is 22.4. The molecule has 382 valence electrons. The monoisotopic (exact) mass is 1040 g/mol. The van der Waals surface area contributed by atoms with Gasteiger partial charge in [-0.2, -0.15) is 9.97 Å². The van der Waals surface area contributed by atoms with Gasteiger partial charge in [0.15, 0.2) is 45.8 Å². The summed E-state index contributed by atoms with van der Waals surface area (Å²) in [7, 11) is 1.20. The van der Waals surface area contributed by atoms with Crippen molar-refractivity contribution in [2.75, 3.05) is 20.3 Å². The average Bonchev–Trinajstić information content (AvgIpc) is 4.30. The third-order valence-corrected chi connectivity index (χ3v) is 12.6. The zero-order valence-electron chi connectivity index (χ0n) is 40.0. The fourth-order valence-electron chi connectivity index (χ4n) is 9.33. The zero-order valence-corrected chi connectivity index (χ0v) is 40.0. The molecule has 8 heterocycles. The van der Waals surface area contributed by atoms with Gasteiger partial charge < -0.3 is 24.8 Å². The van der Waals surface area contributed by atoms with Crippen molar-refractivity contribution >= 4 is 67.7 Å². The van der Waals surface area contributed by atoms with E-state index >= 15 is 0 Å². The van der Waals surface area contributed by atoms with Gasteiger partial charge in [0.2, 0.25) is 11.9 Å². The van der Waals surface area contributed by atoms with Gasteiger partial charge in [-0.15, -0.1) is 0 Å². The molecule has 4 aromatic carbocycles. The van der Waals surface area contributed by atoms with E-state index in [-0.39, 0.29) is 107 Å². The number of hydrogen-bond acceptors (Lipinski definition) is 14. The SMILES string of the molecule is [C-]#[N+]c1ccc2ncn(-c3ncc4c(n3)n(C3CCOc5c(F)cc(F)cc53)c(=O)n4CC(=O)O)c2c1.[C-]#[N+]c1ccc2ncn(-c3ncc4c(n3)n(C3CCOc5c(F)cc(F)cc53)c(=O)n4CC(=O)OC)c2c1.[Li+].[OH-]. The first kappa shape index (κ1) is 52.2. The van der Waals surface area contributed by atoms with Crippen molar-refractivity contribution in [3.8, 4) is 23.4 Å². The van der Waals surface area contributed by atoms with Crippen molar-refractivity contribution in [2.24, 2.45) is 0 Å². The van der Waals surface area contributed by atoms with Gasteiger partial charge in [0, 0.05) is 36.1 Å². The van der Waals surface area contributed by atoms with Crippen molar-refractivity contribution in [3.63, 3.8) is 0 Å². The molecule has 10 aromatic rings. The van der Waals surface area contributed by atoms with E-state index in [2.05, 4.69) is 39.6 Å². The van der Waals surface area contributed by atoms with Gasteiger partial charge >= 0.3 is 42.2 Å². The van der Waals surface area contributed by atoms with Gasteiger partial charge in [0.1, 0.15) is 48.4 Å². The van der Waals surface area contributed by atoms with Crippen LogP contribution >= 0.6 is 0 Å². The first-order chi connectivity index (χ1) is 36.2. The van der Waals surface area contributed by atoms with E-state index in [1.807, 2.05) is 0 Å². The number of aliphatic carboxylic acids is 1. The molecule has 0 saturated heterocycles. The number of fused-ring (bicyclic) bond motifs is 6. The number of rotatable bonds is 8. The predicted octanol–water partition coefficient (Wildman–Crippen LogP) is 3.35. The van der Waals surface area contributed by atoms with E-state index in [1.54, 1.807) is 41.0 Å². The molecule has 0 fully saturated rings. The molecule has 6 aromatic heterocycles. The Morgan fingerprint density at radius 1 is 0.675 bits per heavy atom. The summed E-state index contributed by atoms with van der Waals surface area (Å²) in [5, 5.41) is 9.41. The molecule has 28 heteroatoms. The fourth-order valence-corrected chi connectivity index (χ4v) is 9.33. The van der Waals surface area contributed by atoms with Crippen LogP contribution in [0.15, 0.2) is 95.3 Å². The minimum atomic E-state index is -1.26. The largest absolute Gasteiger partial charge is 1.00 e. The number of esters is 1. The molecule has 2 N–H and O–H groups in total. The van der Waals surface area contributed by atoms with Gasteiger partial charge in [-0.1, -0.05) is 12.1 Å². The van der Waals surface area contributed by atoms with Crippen LogP contribution < -0.4 is 39.7 Å².